The summed E-state index contributed by atoms with van der Waals surface area (Å²) in [6, 6.07) is 7.04. The number of thioether (sulfide) groups is 1. The lowest BCUT2D eigenvalue weighted by molar-refractivity contribution is -0.923. The summed E-state index contributed by atoms with van der Waals surface area (Å²) in [6.07, 6.45) is 8.62. The summed E-state index contributed by atoms with van der Waals surface area (Å²) in [4.78, 5) is 1.23. The highest BCUT2D eigenvalue weighted by atomic mass is 32.2. The highest BCUT2D eigenvalue weighted by molar-refractivity contribution is 8.00. The van der Waals surface area contributed by atoms with Crippen LogP contribution in [-0.4, -0.2) is 35.9 Å². The Morgan fingerprint density at radius 1 is 0.864 bits per heavy atom. The molecule has 3 aliphatic rings. The second-order valence-electron chi connectivity index (χ2n) is 7.73. The van der Waals surface area contributed by atoms with Crippen molar-refractivity contribution in [2.24, 2.45) is 11.8 Å². The molecule has 2 aliphatic heterocycles. The molecule has 2 heterocycles. The number of nitrogens with zero attached hydrogens (tertiary/aromatic N) is 1. The maximum absolute atomic E-state index is 13.0. The summed E-state index contributed by atoms with van der Waals surface area (Å²) in [5.74, 6) is 1.95. The molecule has 2 unspecified atom stereocenters. The molecule has 3 heteroatoms. The zero-order chi connectivity index (χ0) is 15.0. The Kier molecular flexibility index (Phi) is 4.21. The molecular formula is C19H27FNS+. The molecular weight excluding hydrogens is 293 g/mol. The second kappa shape index (κ2) is 6.16. The molecule has 3 fully saturated rings. The van der Waals surface area contributed by atoms with Crippen molar-refractivity contribution in [3.63, 3.8) is 0 Å². The molecule has 1 aromatic rings. The number of benzene rings is 1. The van der Waals surface area contributed by atoms with Gasteiger partial charge in [0.25, 0.3) is 0 Å². The first-order valence-electron chi connectivity index (χ1n) is 9.00. The quantitative estimate of drug-likeness (QED) is 0.711. The lowest BCUT2D eigenvalue weighted by atomic mass is 9.82. The van der Waals surface area contributed by atoms with Crippen LogP contribution >= 0.6 is 11.8 Å². The van der Waals surface area contributed by atoms with E-state index in [-0.39, 0.29) is 5.82 Å². The lowest BCUT2D eigenvalue weighted by Gasteiger charge is -2.41. The Bertz CT molecular complexity index is 491. The topological polar surface area (TPSA) is 0 Å². The summed E-state index contributed by atoms with van der Waals surface area (Å²) in [5.41, 5.74) is 0. The molecule has 1 nitrogen and oxygen atoms in total. The van der Waals surface area contributed by atoms with E-state index in [9.17, 15) is 4.39 Å². The molecule has 22 heavy (non-hydrogen) atoms. The van der Waals surface area contributed by atoms with Gasteiger partial charge in [-0.2, -0.15) is 0 Å². The number of hydrogen-bond donors (Lipinski definition) is 0. The van der Waals surface area contributed by atoms with Crippen LogP contribution < -0.4 is 0 Å². The molecule has 0 amide bonds. The molecule has 0 aromatic heterocycles. The number of hydrogen-bond acceptors (Lipinski definition) is 1. The van der Waals surface area contributed by atoms with E-state index in [1.54, 1.807) is 12.1 Å². The number of halogens is 1. The maximum atomic E-state index is 13.0. The molecule has 4 rings (SSSR count). The van der Waals surface area contributed by atoms with Crippen molar-refractivity contribution in [2.45, 2.75) is 48.7 Å². The molecule has 0 radical (unpaired) electrons. The Hall–Kier alpha value is -0.540. The van der Waals surface area contributed by atoms with E-state index in [1.807, 2.05) is 23.9 Å². The molecule has 1 aromatic carbocycles. The summed E-state index contributed by atoms with van der Waals surface area (Å²) in [7, 11) is 0. The van der Waals surface area contributed by atoms with Gasteiger partial charge in [0.05, 0.1) is 26.2 Å². The standard InChI is InChI=1S/C19H27FNS/c20-17-5-7-18(8-6-17)22-19-9-11-21(12-10-19)13-15-3-1-2-4-16(15)14-21/h5-8,15-16,19H,1-4,9-14H2/q+1. The molecule has 2 atom stereocenters. The van der Waals surface area contributed by atoms with Crippen molar-refractivity contribution in [1.29, 1.82) is 0 Å². The molecule has 1 aliphatic carbocycles. The smallest absolute Gasteiger partial charge is 0.123 e. The maximum Gasteiger partial charge on any atom is 0.123 e. The van der Waals surface area contributed by atoms with Crippen LogP contribution in [0.1, 0.15) is 38.5 Å². The van der Waals surface area contributed by atoms with Crippen LogP contribution in [0, 0.1) is 17.7 Å². The number of fused-ring (bicyclic) bond motifs is 1. The first-order chi connectivity index (χ1) is 10.7. The Morgan fingerprint density at radius 2 is 1.45 bits per heavy atom. The average Bonchev–Trinajstić information content (AvgIpc) is 2.90. The van der Waals surface area contributed by atoms with Crippen LogP contribution in [0.5, 0.6) is 0 Å². The number of rotatable bonds is 2. The van der Waals surface area contributed by atoms with Crippen molar-refractivity contribution in [3.05, 3.63) is 30.1 Å². The minimum Gasteiger partial charge on any atom is -0.323 e. The van der Waals surface area contributed by atoms with Gasteiger partial charge in [0, 0.05) is 34.8 Å². The predicted octanol–water partition coefficient (Wildman–Crippen LogP) is 4.72. The van der Waals surface area contributed by atoms with Gasteiger partial charge < -0.3 is 4.48 Å². The number of piperidine rings is 1. The summed E-state index contributed by atoms with van der Waals surface area (Å²) >= 11 is 1.96. The van der Waals surface area contributed by atoms with Gasteiger partial charge in [0.15, 0.2) is 0 Å². The van der Waals surface area contributed by atoms with E-state index in [0.29, 0.717) is 0 Å². The fourth-order valence-corrected chi connectivity index (χ4v) is 6.24. The van der Waals surface area contributed by atoms with Gasteiger partial charge in [-0.15, -0.1) is 11.8 Å². The van der Waals surface area contributed by atoms with Gasteiger partial charge in [-0.05, 0) is 37.1 Å². The van der Waals surface area contributed by atoms with Crippen molar-refractivity contribution < 1.29 is 8.87 Å². The summed E-state index contributed by atoms with van der Waals surface area (Å²) < 4.78 is 14.4. The van der Waals surface area contributed by atoms with E-state index < -0.39 is 0 Å². The van der Waals surface area contributed by atoms with Crippen molar-refractivity contribution in [3.8, 4) is 0 Å². The predicted molar refractivity (Wildman–Crippen MR) is 90.5 cm³/mol. The molecule has 1 spiro atoms. The SMILES string of the molecule is Fc1ccc(SC2CC[N+]3(CC2)CC2CCCCC2C3)cc1. The first-order valence-corrected chi connectivity index (χ1v) is 9.88. The van der Waals surface area contributed by atoms with Crippen LogP contribution in [0.25, 0.3) is 0 Å². The summed E-state index contributed by atoms with van der Waals surface area (Å²) in [5, 5.41) is 0.733. The van der Waals surface area contributed by atoms with Crippen LogP contribution in [0.15, 0.2) is 29.2 Å². The van der Waals surface area contributed by atoms with E-state index in [2.05, 4.69) is 0 Å². The minimum absolute atomic E-state index is 0.128. The van der Waals surface area contributed by atoms with Crippen molar-refractivity contribution in [1.82, 2.24) is 0 Å². The van der Waals surface area contributed by atoms with Gasteiger partial charge in [-0.3, -0.25) is 0 Å². The van der Waals surface area contributed by atoms with Crippen molar-refractivity contribution in [2.75, 3.05) is 26.2 Å². The molecule has 0 N–H and O–H groups in total. The van der Waals surface area contributed by atoms with Crippen LogP contribution in [0.3, 0.4) is 0 Å². The van der Waals surface area contributed by atoms with Crippen LogP contribution in [0.4, 0.5) is 4.39 Å². The van der Waals surface area contributed by atoms with Crippen LogP contribution in [-0.2, 0) is 0 Å². The van der Waals surface area contributed by atoms with Gasteiger partial charge in [-0.25, -0.2) is 4.39 Å². The van der Waals surface area contributed by atoms with Gasteiger partial charge in [-0.1, -0.05) is 12.8 Å². The van der Waals surface area contributed by atoms with Gasteiger partial charge >= 0.3 is 0 Å². The fraction of sp³-hybridized carbons (Fsp3) is 0.684. The van der Waals surface area contributed by atoms with Gasteiger partial charge in [0.1, 0.15) is 5.82 Å². The third kappa shape index (κ3) is 3.07. The second-order valence-corrected chi connectivity index (χ2v) is 9.10. The highest BCUT2D eigenvalue weighted by Crippen LogP contribution is 2.43. The molecule has 0 bridgehead atoms. The third-order valence-electron chi connectivity index (χ3n) is 6.28. The normalized spacial score (nSPS) is 38.1. The summed E-state index contributed by atoms with van der Waals surface area (Å²) in [6.45, 7) is 5.70. The van der Waals surface area contributed by atoms with E-state index in [4.69, 9.17) is 0 Å². The Morgan fingerprint density at radius 3 is 2.05 bits per heavy atom. The minimum atomic E-state index is -0.128. The van der Waals surface area contributed by atoms with Crippen LogP contribution in [0.2, 0.25) is 0 Å². The first kappa shape index (κ1) is 15.0. The van der Waals surface area contributed by atoms with Crippen molar-refractivity contribution >= 4 is 11.8 Å². The Labute approximate surface area is 137 Å². The lowest BCUT2D eigenvalue weighted by Crippen LogP contribution is -2.52. The molecule has 2 saturated heterocycles. The fourth-order valence-electron chi connectivity index (χ4n) is 5.12. The largest absolute Gasteiger partial charge is 0.323 e. The highest BCUT2D eigenvalue weighted by Gasteiger charge is 2.47. The van der Waals surface area contributed by atoms with Gasteiger partial charge in [0.2, 0.25) is 0 Å². The van der Waals surface area contributed by atoms with E-state index >= 15 is 0 Å². The molecule has 1 saturated carbocycles. The monoisotopic (exact) mass is 320 g/mol. The zero-order valence-electron chi connectivity index (χ0n) is 13.3. The van der Waals surface area contributed by atoms with E-state index in [1.165, 1.54) is 74.1 Å². The average molecular weight is 320 g/mol. The van der Waals surface area contributed by atoms with E-state index in [0.717, 1.165) is 17.1 Å². The number of quaternary nitrogens is 1. The third-order valence-corrected chi connectivity index (χ3v) is 7.63. The Balaban J connectivity index is 1.33. The zero-order valence-corrected chi connectivity index (χ0v) is 14.2. The molecule has 120 valence electrons.